The van der Waals surface area contributed by atoms with E-state index in [1.165, 1.54) is 25.7 Å². The summed E-state index contributed by atoms with van der Waals surface area (Å²) in [4.78, 5) is 14.1. The lowest BCUT2D eigenvalue weighted by Crippen LogP contribution is -2.45. The minimum Gasteiger partial charge on any atom is -0.378 e. The van der Waals surface area contributed by atoms with E-state index in [2.05, 4.69) is 5.32 Å². The Balaban J connectivity index is 1.76. The molecule has 2 rings (SSSR count). The molecule has 4 heteroatoms. The Morgan fingerprint density at radius 3 is 2.62 bits per heavy atom. The number of nitrogens with zero attached hydrogens (tertiary/aromatic N) is 1. The zero-order chi connectivity index (χ0) is 11.2. The van der Waals surface area contributed by atoms with E-state index in [4.69, 9.17) is 4.74 Å². The van der Waals surface area contributed by atoms with Crippen molar-refractivity contribution in [3.8, 4) is 0 Å². The van der Waals surface area contributed by atoms with E-state index >= 15 is 0 Å². The molecule has 2 fully saturated rings. The maximum atomic E-state index is 12.0. The van der Waals surface area contributed by atoms with Gasteiger partial charge in [-0.3, -0.25) is 4.79 Å². The van der Waals surface area contributed by atoms with Crippen molar-refractivity contribution >= 4 is 5.91 Å². The molecule has 2 saturated heterocycles. The number of carbonyl (C=O) groups excluding carboxylic acids is 1. The van der Waals surface area contributed by atoms with Crippen LogP contribution in [0.2, 0.25) is 0 Å². The molecule has 1 amide bonds. The number of morpholine rings is 1. The highest BCUT2D eigenvalue weighted by Crippen LogP contribution is 2.11. The molecule has 1 atom stereocenters. The lowest BCUT2D eigenvalue weighted by Gasteiger charge is -2.27. The average Bonchev–Trinajstić information content (AvgIpc) is 2.59. The summed E-state index contributed by atoms with van der Waals surface area (Å²) in [5.74, 6) is 0.296. The molecular weight excluding hydrogens is 204 g/mol. The molecule has 0 radical (unpaired) electrons. The minimum absolute atomic E-state index is 0.226. The third-order valence-corrected chi connectivity index (χ3v) is 3.38. The lowest BCUT2D eigenvalue weighted by atomic mass is 10.1. The van der Waals surface area contributed by atoms with Crippen LogP contribution in [-0.4, -0.2) is 49.7 Å². The summed E-state index contributed by atoms with van der Waals surface area (Å²) in [6.45, 7) is 4.23. The largest absolute Gasteiger partial charge is 0.378 e. The van der Waals surface area contributed by atoms with Gasteiger partial charge >= 0.3 is 0 Å². The van der Waals surface area contributed by atoms with Crippen molar-refractivity contribution in [2.45, 2.75) is 38.1 Å². The van der Waals surface area contributed by atoms with E-state index in [9.17, 15) is 4.79 Å². The van der Waals surface area contributed by atoms with Gasteiger partial charge in [-0.2, -0.15) is 0 Å². The summed E-state index contributed by atoms with van der Waals surface area (Å²) >= 11 is 0. The van der Waals surface area contributed by atoms with Gasteiger partial charge in [-0.1, -0.05) is 12.8 Å². The van der Waals surface area contributed by atoms with Gasteiger partial charge in [-0.25, -0.2) is 0 Å². The van der Waals surface area contributed by atoms with Crippen molar-refractivity contribution in [1.82, 2.24) is 10.2 Å². The Bertz CT molecular complexity index is 219. The third kappa shape index (κ3) is 3.46. The zero-order valence-corrected chi connectivity index (χ0v) is 9.91. The van der Waals surface area contributed by atoms with Crippen LogP contribution in [0.1, 0.15) is 32.1 Å². The normalized spacial score (nSPS) is 27.5. The van der Waals surface area contributed by atoms with Crippen LogP contribution in [0.3, 0.4) is 0 Å². The molecule has 1 N–H and O–H groups in total. The molecule has 4 nitrogen and oxygen atoms in total. The van der Waals surface area contributed by atoms with Gasteiger partial charge in [-0.05, 0) is 12.8 Å². The van der Waals surface area contributed by atoms with E-state index in [1.807, 2.05) is 4.90 Å². The molecule has 1 unspecified atom stereocenters. The van der Waals surface area contributed by atoms with E-state index in [1.54, 1.807) is 0 Å². The average molecular weight is 226 g/mol. The van der Waals surface area contributed by atoms with E-state index in [-0.39, 0.29) is 6.04 Å². The fourth-order valence-corrected chi connectivity index (χ4v) is 2.41. The number of likely N-dealkylation sites (tertiary alicyclic amines) is 1. The first-order valence-corrected chi connectivity index (χ1v) is 6.45. The molecule has 0 aromatic heterocycles. The van der Waals surface area contributed by atoms with Gasteiger partial charge in [-0.15, -0.1) is 0 Å². The second-order valence-corrected chi connectivity index (χ2v) is 4.73. The van der Waals surface area contributed by atoms with Crippen LogP contribution in [0.25, 0.3) is 0 Å². The minimum atomic E-state index is 0.226. The maximum Gasteiger partial charge on any atom is 0.224 e. The second kappa shape index (κ2) is 6.21. The van der Waals surface area contributed by atoms with Gasteiger partial charge in [0.05, 0.1) is 13.2 Å². The lowest BCUT2D eigenvalue weighted by molar-refractivity contribution is -0.132. The standard InChI is InChI=1S/C12H22N2O2/c15-12(9-11-10-16-8-5-13-11)14-6-3-1-2-4-7-14/h11,13H,1-10H2. The first-order chi connectivity index (χ1) is 7.86. The van der Waals surface area contributed by atoms with Gasteiger partial charge in [0, 0.05) is 32.1 Å². The highest BCUT2D eigenvalue weighted by Gasteiger charge is 2.21. The van der Waals surface area contributed by atoms with Gasteiger partial charge in [0.2, 0.25) is 5.91 Å². The number of carbonyl (C=O) groups is 1. The Morgan fingerprint density at radius 2 is 2.00 bits per heavy atom. The Morgan fingerprint density at radius 1 is 1.25 bits per heavy atom. The van der Waals surface area contributed by atoms with Crippen molar-refractivity contribution in [3.05, 3.63) is 0 Å². The number of nitrogens with one attached hydrogen (secondary N) is 1. The molecule has 92 valence electrons. The number of hydrogen-bond acceptors (Lipinski definition) is 3. The third-order valence-electron chi connectivity index (χ3n) is 3.38. The summed E-state index contributed by atoms with van der Waals surface area (Å²) in [6.07, 6.45) is 5.48. The van der Waals surface area contributed by atoms with Crippen LogP contribution in [-0.2, 0) is 9.53 Å². The van der Waals surface area contributed by atoms with Crippen LogP contribution in [0, 0.1) is 0 Å². The van der Waals surface area contributed by atoms with Crippen molar-refractivity contribution < 1.29 is 9.53 Å². The fraction of sp³-hybridized carbons (Fsp3) is 0.917. The summed E-state index contributed by atoms with van der Waals surface area (Å²) in [6, 6.07) is 0.226. The number of rotatable bonds is 2. The van der Waals surface area contributed by atoms with Crippen molar-refractivity contribution in [2.75, 3.05) is 32.8 Å². The Labute approximate surface area is 97.3 Å². The molecule has 2 aliphatic rings. The highest BCUT2D eigenvalue weighted by atomic mass is 16.5. The summed E-state index contributed by atoms with van der Waals surface area (Å²) in [5, 5.41) is 3.33. The highest BCUT2D eigenvalue weighted by molar-refractivity contribution is 5.76. The van der Waals surface area contributed by atoms with Crippen molar-refractivity contribution in [3.63, 3.8) is 0 Å². The summed E-state index contributed by atoms with van der Waals surface area (Å²) in [7, 11) is 0. The monoisotopic (exact) mass is 226 g/mol. The van der Waals surface area contributed by atoms with E-state index in [0.29, 0.717) is 18.9 Å². The van der Waals surface area contributed by atoms with Gasteiger partial charge in [0.1, 0.15) is 0 Å². The molecule has 16 heavy (non-hydrogen) atoms. The SMILES string of the molecule is O=C(CC1COCCN1)N1CCCCCC1. The smallest absolute Gasteiger partial charge is 0.224 e. The van der Waals surface area contributed by atoms with Crippen LogP contribution >= 0.6 is 0 Å². The molecule has 0 aromatic carbocycles. The Kier molecular flexibility index (Phi) is 4.60. The summed E-state index contributed by atoms with van der Waals surface area (Å²) < 4.78 is 5.36. The van der Waals surface area contributed by atoms with Crippen molar-refractivity contribution in [2.24, 2.45) is 0 Å². The molecule has 0 aliphatic carbocycles. The molecule has 0 aromatic rings. The van der Waals surface area contributed by atoms with Gasteiger partial charge < -0.3 is 15.0 Å². The maximum absolute atomic E-state index is 12.0. The number of amides is 1. The van der Waals surface area contributed by atoms with Gasteiger partial charge in [0.15, 0.2) is 0 Å². The first-order valence-electron chi connectivity index (χ1n) is 6.45. The van der Waals surface area contributed by atoms with Crippen LogP contribution < -0.4 is 5.32 Å². The van der Waals surface area contributed by atoms with Gasteiger partial charge in [0.25, 0.3) is 0 Å². The van der Waals surface area contributed by atoms with E-state index < -0.39 is 0 Å². The van der Waals surface area contributed by atoms with E-state index in [0.717, 1.165) is 26.2 Å². The second-order valence-electron chi connectivity index (χ2n) is 4.73. The molecule has 0 saturated carbocycles. The Hall–Kier alpha value is -0.610. The quantitative estimate of drug-likeness (QED) is 0.756. The predicted octanol–water partition coefficient (Wildman–Crippen LogP) is 0.767. The predicted molar refractivity (Wildman–Crippen MR) is 62.3 cm³/mol. The van der Waals surface area contributed by atoms with Crippen LogP contribution in [0.15, 0.2) is 0 Å². The number of ether oxygens (including phenoxy) is 1. The molecule has 0 spiro atoms. The molecular formula is C12H22N2O2. The summed E-state index contributed by atoms with van der Waals surface area (Å²) in [5.41, 5.74) is 0. The van der Waals surface area contributed by atoms with Crippen molar-refractivity contribution in [1.29, 1.82) is 0 Å². The van der Waals surface area contributed by atoms with Crippen LogP contribution in [0.5, 0.6) is 0 Å². The fourth-order valence-electron chi connectivity index (χ4n) is 2.41. The molecule has 2 aliphatic heterocycles. The zero-order valence-electron chi connectivity index (χ0n) is 9.91. The first kappa shape index (κ1) is 11.9. The molecule has 2 heterocycles. The molecule has 0 bridgehead atoms. The number of hydrogen-bond donors (Lipinski definition) is 1. The van der Waals surface area contributed by atoms with Crippen LogP contribution in [0.4, 0.5) is 0 Å². The topological polar surface area (TPSA) is 41.6 Å².